The summed E-state index contributed by atoms with van der Waals surface area (Å²) in [5.41, 5.74) is 7.52. The lowest BCUT2D eigenvalue weighted by Crippen LogP contribution is -2.16. The van der Waals surface area contributed by atoms with E-state index in [0.717, 1.165) is 0 Å². The number of nitrogens with two attached hydrogens (primary N) is 1. The molecule has 0 saturated heterocycles. The van der Waals surface area contributed by atoms with Gasteiger partial charge in [0.1, 0.15) is 0 Å². The molecule has 0 spiro atoms. The fraction of sp³-hybridized carbons (Fsp3) is 0. The Hall–Kier alpha value is -3.41. The van der Waals surface area contributed by atoms with E-state index >= 15 is 0 Å². The van der Waals surface area contributed by atoms with Crippen LogP contribution in [0.15, 0.2) is 54.7 Å². The molecule has 6 nitrogen and oxygen atoms in total. The summed E-state index contributed by atoms with van der Waals surface area (Å²) in [5, 5.41) is 12.6. The van der Waals surface area contributed by atoms with E-state index in [-0.39, 0.29) is 11.1 Å². The summed E-state index contributed by atoms with van der Waals surface area (Å²) in [5.74, 6) is -1.66. The van der Waals surface area contributed by atoms with Gasteiger partial charge in [-0.25, -0.2) is 4.79 Å². The fourth-order valence-corrected chi connectivity index (χ4v) is 2.36. The van der Waals surface area contributed by atoms with Crippen molar-refractivity contribution in [3.05, 3.63) is 65.9 Å². The first-order chi connectivity index (χ1) is 11.1. The number of nitrogen functional groups attached to an aromatic ring is 1. The van der Waals surface area contributed by atoms with Crippen molar-refractivity contribution in [1.82, 2.24) is 4.98 Å². The van der Waals surface area contributed by atoms with Crippen molar-refractivity contribution < 1.29 is 14.7 Å². The second-order valence-electron chi connectivity index (χ2n) is 4.91. The summed E-state index contributed by atoms with van der Waals surface area (Å²) in [6.45, 7) is 0. The SMILES string of the molecule is Nc1ccc(NC(=O)c2ccccc2C(=O)O)c2cccnc12. The van der Waals surface area contributed by atoms with Gasteiger partial charge < -0.3 is 16.2 Å². The van der Waals surface area contributed by atoms with Crippen LogP contribution in [0.2, 0.25) is 0 Å². The summed E-state index contributed by atoms with van der Waals surface area (Å²) < 4.78 is 0. The van der Waals surface area contributed by atoms with Crippen LogP contribution in [-0.2, 0) is 0 Å². The van der Waals surface area contributed by atoms with E-state index in [9.17, 15) is 14.7 Å². The first kappa shape index (κ1) is 14.5. The van der Waals surface area contributed by atoms with Crippen LogP contribution in [0.3, 0.4) is 0 Å². The van der Waals surface area contributed by atoms with Crippen LogP contribution in [0.25, 0.3) is 10.9 Å². The number of anilines is 2. The fourth-order valence-electron chi connectivity index (χ4n) is 2.36. The number of carboxylic acids is 1. The van der Waals surface area contributed by atoms with Gasteiger partial charge >= 0.3 is 5.97 Å². The highest BCUT2D eigenvalue weighted by Gasteiger charge is 2.17. The number of aromatic carboxylic acids is 1. The summed E-state index contributed by atoms with van der Waals surface area (Å²) in [7, 11) is 0. The zero-order chi connectivity index (χ0) is 16.4. The number of amides is 1. The highest BCUT2D eigenvalue weighted by Crippen LogP contribution is 2.27. The van der Waals surface area contributed by atoms with Gasteiger partial charge in [0.25, 0.3) is 5.91 Å². The summed E-state index contributed by atoms with van der Waals surface area (Å²) >= 11 is 0. The molecular weight excluding hydrogens is 294 g/mol. The molecule has 0 unspecified atom stereocenters. The van der Waals surface area contributed by atoms with Crippen LogP contribution in [0.5, 0.6) is 0 Å². The number of pyridine rings is 1. The summed E-state index contributed by atoms with van der Waals surface area (Å²) in [6, 6.07) is 12.9. The standard InChI is InChI=1S/C17H13N3O3/c18-13-7-8-14(12-6-3-9-19-15(12)13)20-16(21)10-4-1-2-5-11(10)17(22)23/h1-9H,18H2,(H,20,21)(H,22,23). The lowest BCUT2D eigenvalue weighted by molar-refractivity contribution is 0.0692. The first-order valence-corrected chi connectivity index (χ1v) is 6.85. The number of carbonyl (C=O) groups excluding carboxylic acids is 1. The van der Waals surface area contributed by atoms with Crippen LogP contribution in [-0.4, -0.2) is 22.0 Å². The van der Waals surface area contributed by atoms with E-state index in [1.165, 1.54) is 12.1 Å². The second-order valence-corrected chi connectivity index (χ2v) is 4.91. The van der Waals surface area contributed by atoms with Gasteiger partial charge in [0.2, 0.25) is 0 Å². The molecule has 23 heavy (non-hydrogen) atoms. The number of nitrogens with one attached hydrogen (secondary N) is 1. The minimum Gasteiger partial charge on any atom is -0.478 e. The maximum absolute atomic E-state index is 12.4. The monoisotopic (exact) mass is 307 g/mol. The van der Waals surface area contributed by atoms with Crippen molar-refractivity contribution >= 4 is 34.2 Å². The molecule has 4 N–H and O–H groups in total. The molecule has 0 aliphatic carbocycles. The Kier molecular flexibility index (Phi) is 3.64. The van der Waals surface area contributed by atoms with E-state index < -0.39 is 11.9 Å². The number of carboxylic acid groups (broad SMARTS) is 1. The number of hydrogen-bond acceptors (Lipinski definition) is 4. The Morgan fingerprint density at radius 3 is 2.48 bits per heavy atom. The maximum atomic E-state index is 12.4. The van der Waals surface area contributed by atoms with Crippen molar-refractivity contribution in [2.45, 2.75) is 0 Å². The van der Waals surface area contributed by atoms with E-state index in [1.807, 2.05) is 0 Å². The maximum Gasteiger partial charge on any atom is 0.336 e. The Balaban J connectivity index is 2.02. The van der Waals surface area contributed by atoms with Crippen molar-refractivity contribution in [2.75, 3.05) is 11.1 Å². The predicted octanol–water partition coefficient (Wildman–Crippen LogP) is 2.77. The van der Waals surface area contributed by atoms with E-state index in [0.29, 0.717) is 22.3 Å². The molecule has 0 saturated carbocycles. The lowest BCUT2D eigenvalue weighted by atomic mass is 10.1. The van der Waals surface area contributed by atoms with Crippen molar-refractivity contribution in [3.63, 3.8) is 0 Å². The number of aromatic nitrogens is 1. The Labute approximate surface area is 131 Å². The van der Waals surface area contributed by atoms with Gasteiger partial charge in [0, 0.05) is 11.6 Å². The molecular formula is C17H13N3O3. The minimum atomic E-state index is -1.15. The third-order valence-electron chi connectivity index (χ3n) is 3.45. The highest BCUT2D eigenvalue weighted by molar-refractivity contribution is 6.13. The van der Waals surface area contributed by atoms with Crippen LogP contribution < -0.4 is 11.1 Å². The average molecular weight is 307 g/mol. The molecule has 3 rings (SSSR count). The molecule has 0 aliphatic heterocycles. The zero-order valence-corrected chi connectivity index (χ0v) is 12.0. The van der Waals surface area contributed by atoms with Crippen molar-refractivity contribution in [1.29, 1.82) is 0 Å². The van der Waals surface area contributed by atoms with Crippen molar-refractivity contribution in [3.8, 4) is 0 Å². The Bertz CT molecular complexity index is 922. The van der Waals surface area contributed by atoms with Gasteiger partial charge in [0.05, 0.1) is 28.0 Å². The number of nitrogens with zero attached hydrogens (tertiary/aromatic N) is 1. The smallest absolute Gasteiger partial charge is 0.336 e. The zero-order valence-electron chi connectivity index (χ0n) is 12.0. The molecule has 1 aromatic heterocycles. The Morgan fingerprint density at radius 2 is 1.74 bits per heavy atom. The third-order valence-corrected chi connectivity index (χ3v) is 3.45. The van der Waals surface area contributed by atoms with Gasteiger partial charge in [0.15, 0.2) is 0 Å². The van der Waals surface area contributed by atoms with Crippen LogP contribution in [0.4, 0.5) is 11.4 Å². The molecule has 1 amide bonds. The van der Waals surface area contributed by atoms with E-state index in [1.54, 1.807) is 42.6 Å². The molecule has 0 fully saturated rings. The molecule has 3 aromatic rings. The molecule has 0 bridgehead atoms. The number of hydrogen-bond donors (Lipinski definition) is 3. The quantitative estimate of drug-likeness (QED) is 0.645. The lowest BCUT2D eigenvalue weighted by Gasteiger charge is -2.11. The molecule has 0 radical (unpaired) electrons. The largest absolute Gasteiger partial charge is 0.478 e. The van der Waals surface area contributed by atoms with Crippen LogP contribution in [0.1, 0.15) is 20.7 Å². The minimum absolute atomic E-state index is 0.0529. The molecule has 2 aromatic carbocycles. The van der Waals surface area contributed by atoms with E-state index in [2.05, 4.69) is 10.3 Å². The molecule has 6 heteroatoms. The normalized spacial score (nSPS) is 10.4. The van der Waals surface area contributed by atoms with Gasteiger partial charge in [-0.15, -0.1) is 0 Å². The van der Waals surface area contributed by atoms with E-state index in [4.69, 9.17) is 5.73 Å². The summed E-state index contributed by atoms with van der Waals surface area (Å²) in [4.78, 5) is 27.9. The predicted molar refractivity (Wildman–Crippen MR) is 87.5 cm³/mol. The molecule has 1 heterocycles. The van der Waals surface area contributed by atoms with Gasteiger partial charge in [-0.05, 0) is 36.4 Å². The molecule has 114 valence electrons. The van der Waals surface area contributed by atoms with Crippen LogP contribution in [0, 0.1) is 0 Å². The molecule has 0 atom stereocenters. The van der Waals surface area contributed by atoms with Crippen LogP contribution >= 0.6 is 0 Å². The molecule has 0 aliphatic rings. The number of benzene rings is 2. The number of fused-ring (bicyclic) bond motifs is 1. The first-order valence-electron chi connectivity index (χ1n) is 6.85. The average Bonchev–Trinajstić information content (AvgIpc) is 2.57. The summed E-state index contributed by atoms with van der Waals surface area (Å²) in [6.07, 6.45) is 1.62. The third kappa shape index (κ3) is 2.69. The number of carbonyl (C=O) groups is 2. The second kappa shape index (κ2) is 5.76. The van der Waals surface area contributed by atoms with Gasteiger partial charge in [-0.2, -0.15) is 0 Å². The highest BCUT2D eigenvalue weighted by atomic mass is 16.4. The Morgan fingerprint density at radius 1 is 1.00 bits per heavy atom. The van der Waals surface area contributed by atoms with Crippen molar-refractivity contribution in [2.24, 2.45) is 0 Å². The van der Waals surface area contributed by atoms with Gasteiger partial charge in [-0.1, -0.05) is 12.1 Å². The topological polar surface area (TPSA) is 105 Å². The van der Waals surface area contributed by atoms with Gasteiger partial charge in [-0.3, -0.25) is 9.78 Å². The number of rotatable bonds is 3.